The van der Waals surface area contributed by atoms with E-state index in [1.54, 1.807) is 0 Å². The number of nitrogens with one attached hydrogen (secondary N) is 2. The minimum absolute atomic E-state index is 0.0704. The van der Waals surface area contributed by atoms with Crippen molar-refractivity contribution >= 4 is 34.4 Å². The standard InChI is InChI=1S/C18H25N3O2/c1-5-8-9-13-14-10-17(21(6-2)7-3)16(19-12(4)22)11-15(14)20-18(13)23/h9-11H,5-8H2,1-4H3,(H,19,22)(H,20,23)/b13-9-. The van der Waals surface area contributed by atoms with Crippen molar-refractivity contribution in [2.45, 2.75) is 40.5 Å². The molecule has 0 atom stereocenters. The number of unbranched alkanes of at least 4 members (excludes halogenated alkanes) is 1. The third-order valence-electron chi connectivity index (χ3n) is 3.97. The van der Waals surface area contributed by atoms with Gasteiger partial charge in [0.15, 0.2) is 0 Å². The zero-order chi connectivity index (χ0) is 17.0. The molecule has 0 aromatic heterocycles. The van der Waals surface area contributed by atoms with Crippen molar-refractivity contribution in [3.63, 3.8) is 0 Å². The Labute approximate surface area is 137 Å². The second-order valence-electron chi connectivity index (χ2n) is 5.63. The minimum Gasteiger partial charge on any atom is -0.370 e. The molecule has 0 unspecified atom stereocenters. The van der Waals surface area contributed by atoms with Crippen LogP contribution in [0.5, 0.6) is 0 Å². The van der Waals surface area contributed by atoms with Crippen LogP contribution in [0.2, 0.25) is 0 Å². The van der Waals surface area contributed by atoms with Gasteiger partial charge in [-0.15, -0.1) is 0 Å². The Morgan fingerprint density at radius 3 is 2.52 bits per heavy atom. The zero-order valence-electron chi connectivity index (χ0n) is 14.3. The summed E-state index contributed by atoms with van der Waals surface area (Å²) in [6, 6.07) is 3.86. The van der Waals surface area contributed by atoms with E-state index in [0.29, 0.717) is 0 Å². The van der Waals surface area contributed by atoms with Gasteiger partial charge in [0.25, 0.3) is 5.91 Å². The summed E-state index contributed by atoms with van der Waals surface area (Å²) in [7, 11) is 0. The molecule has 0 aliphatic carbocycles. The predicted molar refractivity (Wildman–Crippen MR) is 95.8 cm³/mol. The van der Waals surface area contributed by atoms with Gasteiger partial charge in [0.1, 0.15) is 0 Å². The second-order valence-corrected chi connectivity index (χ2v) is 5.63. The van der Waals surface area contributed by atoms with E-state index >= 15 is 0 Å². The van der Waals surface area contributed by atoms with Crippen molar-refractivity contribution in [2.75, 3.05) is 28.6 Å². The Bertz CT molecular complexity index is 646. The monoisotopic (exact) mass is 315 g/mol. The van der Waals surface area contributed by atoms with E-state index in [0.717, 1.165) is 54.1 Å². The molecule has 5 heteroatoms. The molecule has 5 nitrogen and oxygen atoms in total. The molecule has 0 saturated heterocycles. The lowest BCUT2D eigenvalue weighted by atomic mass is 10.0. The number of fused-ring (bicyclic) bond motifs is 1. The molecular weight excluding hydrogens is 290 g/mol. The van der Waals surface area contributed by atoms with E-state index in [4.69, 9.17) is 0 Å². The first-order valence-electron chi connectivity index (χ1n) is 8.24. The summed E-state index contributed by atoms with van der Waals surface area (Å²) < 4.78 is 0. The number of rotatable bonds is 6. The molecular formula is C18H25N3O2. The molecule has 2 rings (SSSR count). The molecule has 2 N–H and O–H groups in total. The molecule has 1 aliphatic heterocycles. The van der Waals surface area contributed by atoms with Crippen LogP contribution in [0.25, 0.3) is 5.57 Å². The van der Waals surface area contributed by atoms with Crippen molar-refractivity contribution in [1.82, 2.24) is 0 Å². The largest absolute Gasteiger partial charge is 0.370 e. The first-order chi connectivity index (χ1) is 11.0. The number of anilines is 3. The van der Waals surface area contributed by atoms with Crippen molar-refractivity contribution in [3.05, 3.63) is 23.8 Å². The minimum atomic E-state index is -0.121. The van der Waals surface area contributed by atoms with Crippen molar-refractivity contribution in [1.29, 1.82) is 0 Å². The maximum atomic E-state index is 12.2. The summed E-state index contributed by atoms with van der Waals surface area (Å²) in [5, 5.41) is 5.77. The lowest BCUT2D eigenvalue weighted by Gasteiger charge is -2.25. The molecule has 1 heterocycles. The lowest BCUT2D eigenvalue weighted by molar-refractivity contribution is -0.114. The smallest absolute Gasteiger partial charge is 0.256 e. The predicted octanol–water partition coefficient (Wildman–Crippen LogP) is 3.63. The van der Waals surface area contributed by atoms with Gasteiger partial charge in [-0.05, 0) is 32.4 Å². The van der Waals surface area contributed by atoms with Gasteiger partial charge in [0.05, 0.1) is 17.1 Å². The molecule has 23 heavy (non-hydrogen) atoms. The third-order valence-corrected chi connectivity index (χ3v) is 3.97. The average Bonchev–Trinajstić information content (AvgIpc) is 2.80. The number of carbonyl (C=O) groups excluding carboxylic acids is 2. The van der Waals surface area contributed by atoms with Crippen LogP contribution in [0.3, 0.4) is 0 Å². The molecule has 1 aliphatic rings. The molecule has 0 spiro atoms. The molecule has 0 fully saturated rings. The summed E-state index contributed by atoms with van der Waals surface area (Å²) in [5.74, 6) is -0.191. The van der Waals surface area contributed by atoms with Crippen molar-refractivity contribution in [3.8, 4) is 0 Å². The molecule has 0 bridgehead atoms. The van der Waals surface area contributed by atoms with E-state index in [-0.39, 0.29) is 11.8 Å². The lowest BCUT2D eigenvalue weighted by Crippen LogP contribution is -2.24. The van der Waals surface area contributed by atoms with Crippen LogP contribution in [0, 0.1) is 0 Å². The van der Waals surface area contributed by atoms with E-state index in [1.807, 2.05) is 18.2 Å². The summed E-state index contributed by atoms with van der Waals surface area (Å²) in [4.78, 5) is 25.9. The molecule has 1 aromatic rings. The molecule has 0 saturated carbocycles. The third kappa shape index (κ3) is 3.55. The molecule has 2 amide bonds. The Morgan fingerprint density at radius 2 is 1.96 bits per heavy atom. The van der Waals surface area contributed by atoms with E-state index in [9.17, 15) is 9.59 Å². The number of hydrogen-bond donors (Lipinski definition) is 2. The summed E-state index contributed by atoms with van der Waals surface area (Å²) in [6.45, 7) is 9.39. The Morgan fingerprint density at radius 1 is 1.26 bits per heavy atom. The van der Waals surface area contributed by atoms with Crippen LogP contribution in [-0.4, -0.2) is 24.9 Å². The van der Waals surface area contributed by atoms with Gasteiger partial charge in [0, 0.05) is 31.1 Å². The van der Waals surface area contributed by atoms with Gasteiger partial charge in [0.2, 0.25) is 5.91 Å². The number of amides is 2. The normalized spacial score (nSPS) is 14.6. The van der Waals surface area contributed by atoms with Gasteiger partial charge >= 0.3 is 0 Å². The number of carbonyl (C=O) groups is 2. The second kappa shape index (κ2) is 7.31. The van der Waals surface area contributed by atoms with Crippen LogP contribution in [-0.2, 0) is 9.59 Å². The maximum absolute atomic E-state index is 12.2. The van der Waals surface area contributed by atoms with Crippen LogP contribution < -0.4 is 15.5 Å². The maximum Gasteiger partial charge on any atom is 0.256 e. The molecule has 0 radical (unpaired) electrons. The van der Waals surface area contributed by atoms with Gasteiger partial charge in [-0.2, -0.15) is 0 Å². The highest BCUT2D eigenvalue weighted by atomic mass is 16.2. The Kier molecular flexibility index (Phi) is 5.42. The molecule has 1 aromatic carbocycles. The highest BCUT2D eigenvalue weighted by Gasteiger charge is 2.26. The van der Waals surface area contributed by atoms with Crippen LogP contribution in [0.4, 0.5) is 17.1 Å². The number of benzene rings is 1. The number of nitrogens with zero attached hydrogens (tertiary/aromatic N) is 1. The van der Waals surface area contributed by atoms with Crippen molar-refractivity contribution < 1.29 is 9.59 Å². The molecule has 124 valence electrons. The summed E-state index contributed by atoms with van der Waals surface area (Å²) >= 11 is 0. The highest BCUT2D eigenvalue weighted by molar-refractivity contribution is 6.32. The van der Waals surface area contributed by atoms with E-state index < -0.39 is 0 Å². The first-order valence-corrected chi connectivity index (χ1v) is 8.24. The van der Waals surface area contributed by atoms with Gasteiger partial charge < -0.3 is 15.5 Å². The highest BCUT2D eigenvalue weighted by Crippen LogP contribution is 2.40. The quantitative estimate of drug-likeness (QED) is 0.788. The Hall–Kier alpha value is -2.30. The van der Waals surface area contributed by atoms with E-state index in [2.05, 4.69) is 36.3 Å². The van der Waals surface area contributed by atoms with Gasteiger partial charge in [-0.3, -0.25) is 9.59 Å². The fourth-order valence-corrected chi connectivity index (χ4v) is 2.83. The zero-order valence-corrected chi connectivity index (χ0v) is 14.3. The summed E-state index contributed by atoms with van der Waals surface area (Å²) in [5.41, 5.74) is 4.08. The summed E-state index contributed by atoms with van der Waals surface area (Å²) in [6.07, 6.45) is 3.86. The van der Waals surface area contributed by atoms with Gasteiger partial charge in [-0.25, -0.2) is 0 Å². The fraction of sp³-hybridized carbons (Fsp3) is 0.444. The van der Waals surface area contributed by atoms with Crippen LogP contribution >= 0.6 is 0 Å². The van der Waals surface area contributed by atoms with Crippen molar-refractivity contribution in [2.24, 2.45) is 0 Å². The number of hydrogen-bond acceptors (Lipinski definition) is 3. The number of allylic oxidation sites excluding steroid dienone is 1. The first kappa shape index (κ1) is 17.1. The Balaban J connectivity index is 2.55. The van der Waals surface area contributed by atoms with E-state index in [1.165, 1.54) is 6.92 Å². The van der Waals surface area contributed by atoms with Gasteiger partial charge in [-0.1, -0.05) is 19.4 Å². The SMILES string of the molecule is CCC/C=C1\C(=O)Nc2cc(NC(C)=O)c(N(CC)CC)cc21. The van der Waals surface area contributed by atoms with Crippen LogP contribution in [0.15, 0.2) is 18.2 Å². The fourth-order valence-electron chi connectivity index (χ4n) is 2.83. The topological polar surface area (TPSA) is 61.4 Å². The van der Waals surface area contributed by atoms with Crippen LogP contribution in [0.1, 0.15) is 46.1 Å². The average molecular weight is 315 g/mol.